The van der Waals surface area contributed by atoms with Gasteiger partial charge in [0.15, 0.2) is 0 Å². The summed E-state index contributed by atoms with van der Waals surface area (Å²) in [6, 6.07) is 2.45. The highest BCUT2D eigenvalue weighted by molar-refractivity contribution is 5.77. The Morgan fingerprint density at radius 3 is 2.80 bits per heavy atom. The Balaban J connectivity index is 1.94. The summed E-state index contributed by atoms with van der Waals surface area (Å²) in [7, 11) is 0. The van der Waals surface area contributed by atoms with E-state index >= 15 is 0 Å². The van der Waals surface area contributed by atoms with Gasteiger partial charge in [0.25, 0.3) is 0 Å². The summed E-state index contributed by atoms with van der Waals surface area (Å²) in [4.78, 5) is 15.4. The van der Waals surface area contributed by atoms with Crippen LogP contribution in [0.1, 0.15) is 12.8 Å². The molecule has 2 heterocycles. The van der Waals surface area contributed by atoms with E-state index in [9.17, 15) is 4.79 Å². The molecule has 0 aromatic rings. The zero-order valence-electron chi connectivity index (χ0n) is 8.78. The highest BCUT2D eigenvalue weighted by Crippen LogP contribution is 2.18. The molecule has 0 radical (unpaired) electrons. The van der Waals surface area contributed by atoms with Gasteiger partial charge in [0.05, 0.1) is 6.07 Å². The van der Waals surface area contributed by atoms with Crippen LogP contribution in [0.15, 0.2) is 0 Å². The molecule has 0 aromatic heterocycles. The summed E-state index contributed by atoms with van der Waals surface area (Å²) in [5.41, 5.74) is 0. The van der Waals surface area contributed by atoms with Crippen LogP contribution in [0.25, 0.3) is 0 Å². The molecule has 0 bridgehead atoms. The molecule has 2 saturated heterocycles. The van der Waals surface area contributed by atoms with Gasteiger partial charge in [-0.15, -0.1) is 0 Å². The maximum absolute atomic E-state index is 11.9. The lowest BCUT2D eigenvalue weighted by Gasteiger charge is -2.31. The molecule has 2 aliphatic rings. The van der Waals surface area contributed by atoms with Gasteiger partial charge in [-0.25, -0.2) is 4.79 Å². The van der Waals surface area contributed by atoms with E-state index in [1.54, 1.807) is 4.90 Å². The van der Waals surface area contributed by atoms with Crippen LogP contribution in [0.5, 0.6) is 0 Å². The Kier molecular flexibility index (Phi) is 3.07. The van der Waals surface area contributed by atoms with Crippen molar-refractivity contribution in [3.8, 4) is 6.07 Å². The van der Waals surface area contributed by atoms with Gasteiger partial charge in [-0.3, -0.25) is 0 Å². The van der Waals surface area contributed by atoms with Crippen LogP contribution in [-0.4, -0.2) is 54.6 Å². The number of piperidine rings is 1. The molecule has 82 valence electrons. The molecule has 0 aliphatic carbocycles. The molecule has 0 unspecified atom stereocenters. The van der Waals surface area contributed by atoms with E-state index in [4.69, 9.17) is 5.26 Å². The van der Waals surface area contributed by atoms with Crippen LogP contribution in [0.3, 0.4) is 0 Å². The van der Waals surface area contributed by atoms with E-state index in [0.717, 1.165) is 32.5 Å². The molecule has 0 atom stereocenters. The Bertz CT molecular complexity index is 280. The molecule has 1 N–H and O–H groups in total. The largest absolute Gasteiger partial charge is 0.321 e. The summed E-state index contributed by atoms with van der Waals surface area (Å²) in [5, 5.41) is 11.9. The van der Waals surface area contributed by atoms with Gasteiger partial charge in [-0.2, -0.15) is 5.26 Å². The van der Waals surface area contributed by atoms with E-state index in [0.29, 0.717) is 12.6 Å². The Morgan fingerprint density at radius 2 is 2.13 bits per heavy atom. The molecule has 2 amide bonds. The Labute approximate surface area is 89.6 Å². The predicted molar refractivity (Wildman–Crippen MR) is 55.2 cm³/mol. The smallest absolute Gasteiger partial charge is 0.320 e. The van der Waals surface area contributed by atoms with E-state index in [-0.39, 0.29) is 12.6 Å². The fourth-order valence-corrected chi connectivity index (χ4v) is 2.29. The van der Waals surface area contributed by atoms with Crippen molar-refractivity contribution in [2.75, 3.05) is 32.7 Å². The first kappa shape index (κ1) is 10.2. The van der Waals surface area contributed by atoms with Crippen molar-refractivity contribution in [1.82, 2.24) is 15.1 Å². The molecule has 2 aliphatic heterocycles. The quantitative estimate of drug-likeness (QED) is 0.650. The van der Waals surface area contributed by atoms with Crippen LogP contribution >= 0.6 is 0 Å². The lowest BCUT2D eigenvalue weighted by molar-refractivity contribution is 0.168. The van der Waals surface area contributed by atoms with Crippen molar-refractivity contribution in [3.63, 3.8) is 0 Å². The fraction of sp³-hybridized carbons (Fsp3) is 0.800. The topological polar surface area (TPSA) is 59.4 Å². The highest BCUT2D eigenvalue weighted by atomic mass is 16.2. The van der Waals surface area contributed by atoms with Gasteiger partial charge in [0.2, 0.25) is 0 Å². The Morgan fingerprint density at radius 1 is 1.40 bits per heavy atom. The highest BCUT2D eigenvalue weighted by Gasteiger charge is 2.33. The van der Waals surface area contributed by atoms with Crippen molar-refractivity contribution >= 4 is 6.03 Å². The van der Waals surface area contributed by atoms with Crippen molar-refractivity contribution in [2.24, 2.45) is 0 Å². The first-order chi connectivity index (χ1) is 7.33. The normalized spacial score (nSPS) is 23.3. The van der Waals surface area contributed by atoms with Crippen molar-refractivity contribution in [3.05, 3.63) is 0 Å². The SMILES string of the molecule is N#CCN1CCN(C2CCNCC2)C1=O. The van der Waals surface area contributed by atoms with Crippen LogP contribution in [-0.2, 0) is 0 Å². The molecule has 0 spiro atoms. The summed E-state index contributed by atoms with van der Waals surface area (Å²) in [6.45, 7) is 3.70. The minimum Gasteiger partial charge on any atom is -0.320 e. The average molecular weight is 208 g/mol. The van der Waals surface area contributed by atoms with Gasteiger partial charge in [-0.05, 0) is 25.9 Å². The van der Waals surface area contributed by atoms with Crippen LogP contribution < -0.4 is 5.32 Å². The summed E-state index contributed by atoms with van der Waals surface area (Å²) in [6.07, 6.45) is 2.07. The molecule has 5 heteroatoms. The van der Waals surface area contributed by atoms with E-state index in [2.05, 4.69) is 5.32 Å². The lowest BCUT2D eigenvalue weighted by Crippen LogP contribution is -2.45. The second kappa shape index (κ2) is 4.49. The molecule has 0 aromatic carbocycles. The van der Waals surface area contributed by atoms with Gasteiger partial charge in [0, 0.05) is 19.1 Å². The molecular weight excluding hydrogens is 192 g/mol. The number of hydrogen-bond acceptors (Lipinski definition) is 3. The molecule has 15 heavy (non-hydrogen) atoms. The maximum atomic E-state index is 11.9. The third-order valence-electron chi connectivity index (χ3n) is 3.14. The number of carbonyl (C=O) groups is 1. The second-order valence-corrected chi connectivity index (χ2v) is 4.04. The van der Waals surface area contributed by atoms with Crippen molar-refractivity contribution in [2.45, 2.75) is 18.9 Å². The molecule has 5 nitrogen and oxygen atoms in total. The number of nitrogens with zero attached hydrogens (tertiary/aromatic N) is 3. The molecular formula is C10H16N4O. The zero-order chi connectivity index (χ0) is 10.7. The number of nitrogens with one attached hydrogen (secondary N) is 1. The summed E-state index contributed by atoms with van der Waals surface area (Å²) >= 11 is 0. The van der Waals surface area contributed by atoms with E-state index < -0.39 is 0 Å². The lowest BCUT2D eigenvalue weighted by atomic mass is 10.1. The standard InChI is InChI=1S/C10H16N4O/c11-3-6-13-7-8-14(10(13)15)9-1-4-12-5-2-9/h9,12H,1-2,4-8H2. The Hall–Kier alpha value is -1.28. The van der Waals surface area contributed by atoms with Crippen LogP contribution in [0.4, 0.5) is 4.79 Å². The van der Waals surface area contributed by atoms with Crippen molar-refractivity contribution < 1.29 is 4.79 Å². The third kappa shape index (κ3) is 2.05. The predicted octanol–water partition coefficient (Wildman–Crippen LogP) is -0.000420. The number of amides is 2. The third-order valence-corrected chi connectivity index (χ3v) is 3.14. The minimum absolute atomic E-state index is 0.0449. The average Bonchev–Trinajstić information content (AvgIpc) is 2.63. The van der Waals surface area contributed by atoms with Crippen LogP contribution in [0, 0.1) is 11.3 Å². The van der Waals surface area contributed by atoms with Gasteiger partial charge in [-0.1, -0.05) is 0 Å². The van der Waals surface area contributed by atoms with Gasteiger partial charge in [0.1, 0.15) is 6.54 Å². The molecule has 0 saturated carbocycles. The number of carbonyl (C=O) groups excluding carboxylic acids is 1. The zero-order valence-corrected chi connectivity index (χ0v) is 8.78. The number of nitriles is 1. The molecule has 2 rings (SSSR count). The van der Waals surface area contributed by atoms with E-state index in [1.165, 1.54) is 0 Å². The summed E-state index contributed by atoms with van der Waals surface area (Å²) < 4.78 is 0. The summed E-state index contributed by atoms with van der Waals surface area (Å²) in [5.74, 6) is 0. The van der Waals surface area contributed by atoms with Crippen molar-refractivity contribution in [1.29, 1.82) is 5.26 Å². The van der Waals surface area contributed by atoms with Crippen LogP contribution in [0.2, 0.25) is 0 Å². The minimum atomic E-state index is 0.0449. The molecule has 2 fully saturated rings. The maximum Gasteiger partial charge on any atom is 0.321 e. The van der Waals surface area contributed by atoms with Gasteiger partial charge < -0.3 is 15.1 Å². The first-order valence-electron chi connectivity index (χ1n) is 5.46. The first-order valence-corrected chi connectivity index (χ1v) is 5.46. The fourth-order valence-electron chi connectivity index (χ4n) is 2.29. The second-order valence-electron chi connectivity index (χ2n) is 4.04. The van der Waals surface area contributed by atoms with Gasteiger partial charge >= 0.3 is 6.03 Å². The van der Waals surface area contributed by atoms with E-state index in [1.807, 2.05) is 11.0 Å². The number of urea groups is 1. The number of rotatable bonds is 2. The number of hydrogen-bond donors (Lipinski definition) is 1. The monoisotopic (exact) mass is 208 g/mol.